The summed E-state index contributed by atoms with van der Waals surface area (Å²) in [5.41, 5.74) is 8.37. The number of carbonyl (C=O) groups is 2. The average Bonchev–Trinajstić information content (AvgIpc) is 3.05. The molecule has 27 heavy (non-hydrogen) atoms. The molecule has 0 radical (unpaired) electrons. The molecule has 0 aromatic heterocycles. The van der Waals surface area contributed by atoms with E-state index >= 15 is 0 Å². The normalized spacial score (nSPS) is 16.1. The number of amides is 2. The molecule has 1 heterocycles. The molecule has 144 valence electrons. The molecule has 0 spiro atoms. The van der Waals surface area contributed by atoms with Crippen LogP contribution >= 0.6 is 24.2 Å². The molecule has 1 atom stereocenters. The van der Waals surface area contributed by atoms with Crippen LogP contribution in [0.1, 0.15) is 12.0 Å². The Morgan fingerprint density at radius 3 is 2.48 bits per heavy atom. The van der Waals surface area contributed by atoms with Crippen molar-refractivity contribution in [3.05, 3.63) is 54.1 Å². The molecule has 1 aliphatic rings. The number of carbonyl (C=O) groups excluding carboxylic acids is 2. The van der Waals surface area contributed by atoms with Crippen LogP contribution in [0.2, 0.25) is 0 Å². The Bertz CT molecular complexity index is 781. The predicted octanol–water partition coefficient (Wildman–Crippen LogP) is 3.12. The van der Waals surface area contributed by atoms with E-state index in [4.69, 9.17) is 5.73 Å². The second-order valence-corrected chi connectivity index (χ2v) is 7.27. The number of hydrogen-bond acceptors (Lipinski definition) is 4. The number of nitrogens with two attached hydrogens (primary N) is 1. The molecule has 1 fully saturated rings. The number of hydrogen-bond donors (Lipinski definition) is 2. The van der Waals surface area contributed by atoms with Crippen LogP contribution in [0.3, 0.4) is 0 Å². The Balaban J connectivity index is 0.00000261. The minimum Gasteiger partial charge on any atom is -0.399 e. The lowest BCUT2D eigenvalue weighted by Crippen LogP contribution is -2.34. The highest BCUT2D eigenvalue weighted by Crippen LogP contribution is 2.27. The summed E-state index contributed by atoms with van der Waals surface area (Å²) < 4.78 is 0. The maximum Gasteiger partial charge on any atom is 0.227 e. The summed E-state index contributed by atoms with van der Waals surface area (Å²) in [6.45, 7) is 0.987. The van der Waals surface area contributed by atoms with E-state index in [-0.39, 0.29) is 36.6 Å². The van der Waals surface area contributed by atoms with Gasteiger partial charge < -0.3 is 16.0 Å². The number of anilines is 2. The first-order chi connectivity index (χ1) is 12.6. The Morgan fingerprint density at radius 2 is 1.85 bits per heavy atom. The van der Waals surface area contributed by atoms with Crippen molar-refractivity contribution >= 4 is 47.4 Å². The van der Waals surface area contributed by atoms with Gasteiger partial charge in [0.2, 0.25) is 11.8 Å². The fourth-order valence-corrected chi connectivity index (χ4v) is 3.46. The first-order valence-electron chi connectivity index (χ1n) is 8.63. The number of benzene rings is 2. The molecule has 1 unspecified atom stereocenters. The number of nitrogen functional groups attached to an aromatic ring is 1. The summed E-state index contributed by atoms with van der Waals surface area (Å²) in [5, 5.41) is 2.95. The molecule has 7 heteroatoms. The van der Waals surface area contributed by atoms with Crippen molar-refractivity contribution in [2.24, 2.45) is 5.92 Å². The zero-order chi connectivity index (χ0) is 18.5. The standard InChI is InChI=1S/C20H23N3O2S.ClH/c1-26-18-8-6-17(7-9-18)23-13-15(12-19(23)24)20(25)22-11-10-14-2-4-16(21)5-3-14;/h2-9,15H,10-13,21H2,1H3,(H,22,25);1H. The van der Waals surface area contributed by atoms with E-state index in [1.54, 1.807) is 16.7 Å². The minimum atomic E-state index is -0.297. The molecule has 1 saturated heterocycles. The van der Waals surface area contributed by atoms with E-state index in [0.717, 1.165) is 28.3 Å². The smallest absolute Gasteiger partial charge is 0.227 e. The van der Waals surface area contributed by atoms with Crippen molar-refractivity contribution in [3.8, 4) is 0 Å². The molecule has 5 nitrogen and oxygen atoms in total. The van der Waals surface area contributed by atoms with E-state index in [0.29, 0.717) is 13.1 Å². The van der Waals surface area contributed by atoms with Gasteiger partial charge in [0.05, 0.1) is 5.92 Å². The SMILES string of the molecule is CSc1ccc(N2CC(C(=O)NCCc3ccc(N)cc3)CC2=O)cc1.Cl. The molecular formula is C20H24ClN3O2S. The lowest BCUT2D eigenvalue weighted by molar-refractivity contribution is -0.126. The highest BCUT2D eigenvalue weighted by molar-refractivity contribution is 7.98. The van der Waals surface area contributed by atoms with Crippen LogP contribution in [0.4, 0.5) is 11.4 Å². The molecule has 3 N–H and O–H groups in total. The number of halogens is 1. The van der Waals surface area contributed by atoms with Gasteiger partial charge in [0, 0.05) is 35.8 Å². The molecule has 2 amide bonds. The predicted molar refractivity (Wildman–Crippen MR) is 113 cm³/mol. The van der Waals surface area contributed by atoms with Gasteiger partial charge in [-0.05, 0) is 54.6 Å². The van der Waals surface area contributed by atoms with Crippen molar-refractivity contribution in [1.29, 1.82) is 0 Å². The lowest BCUT2D eigenvalue weighted by atomic mass is 10.1. The van der Waals surface area contributed by atoms with Gasteiger partial charge in [-0.1, -0.05) is 12.1 Å². The molecule has 3 rings (SSSR count). The highest BCUT2D eigenvalue weighted by atomic mass is 35.5. The maximum absolute atomic E-state index is 12.4. The van der Waals surface area contributed by atoms with E-state index in [9.17, 15) is 9.59 Å². The summed E-state index contributed by atoms with van der Waals surface area (Å²) in [6.07, 6.45) is 3.02. The van der Waals surface area contributed by atoms with E-state index in [1.807, 2.05) is 54.8 Å². The number of rotatable bonds is 6. The zero-order valence-electron chi connectivity index (χ0n) is 15.2. The van der Waals surface area contributed by atoms with Crippen LogP contribution in [0.5, 0.6) is 0 Å². The highest BCUT2D eigenvalue weighted by Gasteiger charge is 2.34. The third-order valence-corrected chi connectivity index (χ3v) is 5.32. The first-order valence-corrected chi connectivity index (χ1v) is 9.86. The number of thioether (sulfide) groups is 1. The van der Waals surface area contributed by atoms with Crippen molar-refractivity contribution in [2.75, 3.05) is 30.0 Å². The summed E-state index contributed by atoms with van der Waals surface area (Å²) in [6, 6.07) is 15.5. The maximum atomic E-state index is 12.4. The van der Waals surface area contributed by atoms with Gasteiger partial charge >= 0.3 is 0 Å². The summed E-state index contributed by atoms with van der Waals surface area (Å²) in [7, 11) is 0. The Morgan fingerprint density at radius 1 is 1.19 bits per heavy atom. The molecule has 2 aromatic rings. The first kappa shape index (κ1) is 21.1. The van der Waals surface area contributed by atoms with Gasteiger partial charge in [-0.2, -0.15) is 0 Å². The molecular weight excluding hydrogens is 382 g/mol. The van der Waals surface area contributed by atoms with Crippen LogP contribution in [-0.2, 0) is 16.0 Å². The Kier molecular flexibility index (Phi) is 7.56. The van der Waals surface area contributed by atoms with Crippen molar-refractivity contribution in [1.82, 2.24) is 5.32 Å². The van der Waals surface area contributed by atoms with Crippen molar-refractivity contribution in [2.45, 2.75) is 17.7 Å². The molecule has 0 saturated carbocycles. The molecule has 1 aliphatic heterocycles. The van der Waals surface area contributed by atoms with Gasteiger partial charge in [-0.25, -0.2) is 0 Å². The molecule has 0 aliphatic carbocycles. The fourth-order valence-electron chi connectivity index (χ4n) is 3.05. The van der Waals surface area contributed by atoms with Crippen molar-refractivity contribution in [3.63, 3.8) is 0 Å². The molecule has 0 bridgehead atoms. The van der Waals surface area contributed by atoms with Crippen LogP contribution in [0.25, 0.3) is 0 Å². The summed E-state index contributed by atoms with van der Waals surface area (Å²) in [5.74, 6) is -0.355. The van der Waals surface area contributed by atoms with Gasteiger partial charge in [0.1, 0.15) is 0 Å². The lowest BCUT2D eigenvalue weighted by Gasteiger charge is -2.17. The van der Waals surface area contributed by atoms with Crippen LogP contribution in [0, 0.1) is 5.92 Å². The third kappa shape index (κ3) is 5.40. The third-order valence-electron chi connectivity index (χ3n) is 4.57. The second kappa shape index (κ2) is 9.67. The van der Waals surface area contributed by atoms with Gasteiger partial charge in [0.25, 0.3) is 0 Å². The van der Waals surface area contributed by atoms with Crippen LogP contribution in [-0.4, -0.2) is 31.2 Å². The number of nitrogens with one attached hydrogen (secondary N) is 1. The summed E-state index contributed by atoms with van der Waals surface area (Å²) >= 11 is 1.66. The van der Waals surface area contributed by atoms with Gasteiger partial charge in [-0.15, -0.1) is 24.2 Å². The fraction of sp³-hybridized carbons (Fsp3) is 0.300. The van der Waals surface area contributed by atoms with E-state index in [2.05, 4.69) is 5.32 Å². The zero-order valence-corrected chi connectivity index (χ0v) is 16.8. The quantitative estimate of drug-likeness (QED) is 0.572. The summed E-state index contributed by atoms with van der Waals surface area (Å²) in [4.78, 5) is 27.6. The van der Waals surface area contributed by atoms with Crippen molar-refractivity contribution < 1.29 is 9.59 Å². The minimum absolute atomic E-state index is 0. The largest absolute Gasteiger partial charge is 0.399 e. The van der Waals surface area contributed by atoms with Crippen LogP contribution in [0.15, 0.2) is 53.4 Å². The average molecular weight is 406 g/mol. The number of nitrogens with zero attached hydrogens (tertiary/aromatic N) is 1. The van der Waals surface area contributed by atoms with Gasteiger partial charge in [0.15, 0.2) is 0 Å². The van der Waals surface area contributed by atoms with E-state index < -0.39 is 0 Å². The topological polar surface area (TPSA) is 75.4 Å². The monoisotopic (exact) mass is 405 g/mol. The van der Waals surface area contributed by atoms with Gasteiger partial charge in [-0.3, -0.25) is 9.59 Å². The molecule has 2 aromatic carbocycles. The second-order valence-electron chi connectivity index (χ2n) is 6.39. The van der Waals surface area contributed by atoms with Crippen LogP contribution < -0.4 is 16.0 Å². The van der Waals surface area contributed by atoms with E-state index in [1.165, 1.54) is 0 Å². The Hall–Kier alpha value is -2.18. The Labute approximate surface area is 170 Å².